The molecule has 3 amide bonds. The maximum Gasteiger partial charge on any atom is 0.351 e. The SMILES string of the molecule is CC12C(=O)NC(=O)N([C@H]3C[C@H](O)[C@@H](CO)O3)[C@H]1[C@@]1(C(=O)O)Oc3cc4oc(=O)ccc4cc3[C@@H]21. The van der Waals surface area contributed by atoms with E-state index < -0.39 is 71.6 Å². The Bertz CT molecular complexity index is 1340. The molecule has 2 aromatic rings. The highest BCUT2D eigenvalue weighted by Gasteiger charge is 2.84. The fraction of sp³-hybridized carbons (Fsp3) is 0.455. The van der Waals surface area contributed by atoms with Crippen molar-refractivity contribution in [3.63, 3.8) is 0 Å². The van der Waals surface area contributed by atoms with Gasteiger partial charge in [-0.25, -0.2) is 14.4 Å². The van der Waals surface area contributed by atoms with Gasteiger partial charge in [0, 0.05) is 29.5 Å². The second kappa shape index (κ2) is 6.56. The van der Waals surface area contributed by atoms with Gasteiger partial charge in [0.15, 0.2) is 0 Å². The number of imide groups is 1. The lowest BCUT2D eigenvalue weighted by Gasteiger charge is -2.64. The van der Waals surface area contributed by atoms with Crippen LogP contribution in [0, 0.1) is 5.41 Å². The topological polar surface area (TPSA) is 176 Å². The molecule has 1 aliphatic carbocycles. The number of carbonyl (C=O) groups excluding carboxylic acids is 2. The Labute approximate surface area is 190 Å². The van der Waals surface area contributed by atoms with E-state index in [1.165, 1.54) is 18.2 Å². The molecule has 1 aromatic heterocycles. The number of amides is 3. The standard InChI is InChI=1S/C22H20N2O10/c1-21-16-9-4-8-2-3-15(27)33-11(8)6-12(9)34-22(16,19(29)30)17(21)24(20(31)23-18(21)28)14-5-10(26)13(7-25)32-14/h2-4,6,10,13-14,16-17,25-26H,5,7H2,1H3,(H,29,30)(H,23,28,31)/t10-,13+,14+,16-,17+,21?,22-/m0/s1. The summed E-state index contributed by atoms with van der Waals surface area (Å²) in [5.74, 6) is -2.88. The van der Waals surface area contributed by atoms with E-state index in [1.54, 1.807) is 13.0 Å². The first-order valence-corrected chi connectivity index (χ1v) is 10.7. The highest BCUT2D eigenvalue weighted by atomic mass is 16.6. The number of carboxylic acid groups (broad SMARTS) is 1. The van der Waals surface area contributed by atoms with Gasteiger partial charge in [0.1, 0.15) is 29.7 Å². The summed E-state index contributed by atoms with van der Waals surface area (Å²) in [6.45, 7) is 1.06. The van der Waals surface area contributed by atoms with Crippen molar-refractivity contribution in [3.8, 4) is 5.75 Å². The molecule has 3 aliphatic heterocycles. The first-order chi connectivity index (χ1) is 16.1. The minimum atomic E-state index is -2.02. The van der Waals surface area contributed by atoms with Crippen LogP contribution in [0.1, 0.15) is 24.8 Å². The Morgan fingerprint density at radius 2 is 2.03 bits per heavy atom. The first kappa shape index (κ1) is 21.1. The largest absolute Gasteiger partial charge is 0.478 e. The van der Waals surface area contributed by atoms with Crippen LogP contribution in [0.4, 0.5) is 4.79 Å². The Balaban J connectivity index is 1.52. The Morgan fingerprint density at radius 3 is 2.71 bits per heavy atom. The van der Waals surface area contributed by atoms with Gasteiger partial charge in [-0.15, -0.1) is 0 Å². The van der Waals surface area contributed by atoms with Crippen LogP contribution < -0.4 is 15.7 Å². The summed E-state index contributed by atoms with van der Waals surface area (Å²) in [7, 11) is 0. The predicted molar refractivity (Wildman–Crippen MR) is 110 cm³/mol. The molecular weight excluding hydrogens is 452 g/mol. The van der Waals surface area contributed by atoms with Crippen LogP contribution in [0.2, 0.25) is 0 Å². The molecule has 0 spiro atoms. The number of aliphatic hydroxyl groups is 2. The first-order valence-electron chi connectivity index (χ1n) is 10.7. The lowest BCUT2D eigenvalue weighted by atomic mass is 9.45. The second-order valence-electron chi connectivity index (χ2n) is 9.28. The summed E-state index contributed by atoms with van der Waals surface area (Å²) in [5, 5.41) is 32.8. The van der Waals surface area contributed by atoms with E-state index >= 15 is 0 Å². The summed E-state index contributed by atoms with van der Waals surface area (Å²) >= 11 is 0. The predicted octanol–water partition coefficient (Wildman–Crippen LogP) is -0.499. The zero-order chi connectivity index (χ0) is 24.2. The molecule has 1 saturated carbocycles. The molecular formula is C22H20N2O10. The van der Waals surface area contributed by atoms with E-state index in [9.17, 15) is 34.5 Å². The number of rotatable bonds is 3. The van der Waals surface area contributed by atoms with E-state index in [4.69, 9.17) is 13.9 Å². The van der Waals surface area contributed by atoms with Crippen molar-refractivity contribution in [2.75, 3.05) is 6.61 Å². The van der Waals surface area contributed by atoms with Gasteiger partial charge in [0.05, 0.1) is 24.0 Å². The van der Waals surface area contributed by atoms with Crippen molar-refractivity contribution >= 4 is 28.9 Å². The summed E-state index contributed by atoms with van der Waals surface area (Å²) in [4.78, 5) is 51.6. The minimum Gasteiger partial charge on any atom is -0.478 e. The summed E-state index contributed by atoms with van der Waals surface area (Å²) in [6.07, 6.45) is -3.22. The van der Waals surface area contributed by atoms with Crippen LogP contribution in [0.15, 0.2) is 33.5 Å². The van der Waals surface area contributed by atoms with Gasteiger partial charge in [0.2, 0.25) is 11.5 Å². The molecule has 4 heterocycles. The minimum absolute atomic E-state index is 0.0816. The lowest BCUT2D eigenvalue weighted by Crippen LogP contribution is -2.87. The summed E-state index contributed by atoms with van der Waals surface area (Å²) in [6, 6.07) is 3.63. The molecule has 3 fully saturated rings. The number of hydrogen-bond acceptors (Lipinski definition) is 9. The fourth-order valence-corrected chi connectivity index (χ4v) is 6.19. The average molecular weight is 472 g/mol. The number of aliphatic hydroxyl groups excluding tert-OH is 2. The number of nitrogens with one attached hydrogen (secondary N) is 1. The number of carbonyl (C=O) groups is 3. The molecule has 34 heavy (non-hydrogen) atoms. The maximum atomic E-state index is 13.2. The molecule has 1 unspecified atom stereocenters. The van der Waals surface area contributed by atoms with Crippen molar-refractivity contribution in [1.29, 1.82) is 0 Å². The van der Waals surface area contributed by atoms with Gasteiger partial charge in [0.25, 0.3) is 0 Å². The molecule has 4 N–H and O–H groups in total. The van der Waals surface area contributed by atoms with Gasteiger partial charge in [-0.05, 0) is 19.1 Å². The van der Waals surface area contributed by atoms with Crippen molar-refractivity contribution in [3.05, 3.63) is 40.2 Å². The van der Waals surface area contributed by atoms with E-state index in [0.29, 0.717) is 10.9 Å². The third-order valence-corrected chi connectivity index (χ3v) is 7.60. The molecule has 178 valence electrons. The van der Waals surface area contributed by atoms with E-state index in [2.05, 4.69) is 5.32 Å². The van der Waals surface area contributed by atoms with Gasteiger partial charge >= 0.3 is 17.6 Å². The number of aliphatic carboxylic acids is 1. The highest BCUT2D eigenvalue weighted by molar-refractivity contribution is 6.06. The van der Waals surface area contributed by atoms with Crippen molar-refractivity contribution in [2.45, 2.75) is 49.3 Å². The van der Waals surface area contributed by atoms with Crippen molar-refractivity contribution < 1.29 is 43.6 Å². The second-order valence-corrected chi connectivity index (χ2v) is 9.28. The molecule has 0 bridgehead atoms. The van der Waals surface area contributed by atoms with E-state index in [0.717, 1.165) is 4.90 Å². The number of benzene rings is 1. The van der Waals surface area contributed by atoms with E-state index in [1.807, 2.05) is 0 Å². The van der Waals surface area contributed by atoms with Crippen LogP contribution in [0.3, 0.4) is 0 Å². The Morgan fingerprint density at radius 1 is 1.26 bits per heavy atom. The summed E-state index contributed by atoms with van der Waals surface area (Å²) < 4.78 is 16.8. The number of carboxylic acids is 1. The zero-order valence-corrected chi connectivity index (χ0v) is 17.8. The molecule has 1 aromatic carbocycles. The van der Waals surface area contributed by atoms with Crippen LogP contribution in [-0.2, 0) is 14.3 Å². The van der Waals surface area contributed by atoms with E-state index in [-0.39, 0.29) is 17.8 Å². The number of fused-ring (bicyclic) bond motifs is 7. The van der Waals surface area contributed by atoms with Crippen LogP contribution in [-0.4, -0.2) is 74.8 Å². The van der Waals surface area contributed by atoms with Crippen LogP contribution in [0.5, 0.6) is 5.75 Å². The molecule has 2 saturated heterocycles. The quantitative estimate of drug-likeness (QED) is 0.426. The number of urea groups is 1. The Hall–Kier alpha value is -3.48. The molecule has 0 radical (unpaired) electrons. The third-order valence-electron chi connectivity index (χ3n) is 7.60. The number of hydrogen-bond donors (Lipinski definition) is 4. The van der Waals surface area contributed by atoms with Crippen molar-refractivity contribution in [1.82, 2.24) is 10.2 Å². The molecule has 6 rings (SSSR count). The van der Waals surface area contributed by atoms with Crippen LogP contribution >= 0.6 is 0 Å². The number of nitrogens with zero attached hydrogens (tertiary/aromatic N) is 1. The third kappa shape index (κ3) is 2.32. The maximum absolute atomic E-state index is 13.2. The Kier molecular flexibility index (Phi) is 4.06. The zero-order valence-electron chi connectivity index (χ0n) is 17.8. The molecule has 7 atom stereocenters. The summed E-state index contributed by atoms with van der Waals surface area (Å²) in [5.41, 5.74) is -3.40. The van der Waals surface area contributed by atoms with Crippen LogP contribution in [0.25, 0.3) is 11.0 Å². The highest BCUT2D eigenvalue weighted by Crippen LogP contribution is 2.69. The normalized spacial score (nSPS) is 38.0. The fourth-order valence-electron chi connectivity index (χ4n) is 6.19. The average Bonchev–Trinajstić information content (AvgIpc) is 3.29. The van der Waals surface area contributed by atoms with Gasteiger partial charge in [-0.1, -0.05) is 0 Å². The molecule has 12 heteroatoms. The lowest BCUT2D eigenvalue weighted by molar-refractivity contribution is -0.227. The molecule has 4 aliphatic rings. The number of ether oxygens (including phenoxy) is 2. The van der Waals surface area contributed by atoms with Crippen molar-refractivity contribution in [2.24, 2.45) is 5.41 Å². The van der Waals surface area contributed by atoms with Gasteiger partial charge < -0.3 is 29.2 Å². The molecule has 12 nitrogen and oxygen atoms in total. The van der Waals surface area contributed by atoms with Gasteiger partial charge in [-0.3, -0.25) is 15.0 Å². The smallest absolute Gasteiger partial charge is 0.351 e. The monoisotopic (exact) mass is 472 g/mol. The van der Waals surface area contributed by atoms with Gasteiger partial charge in [-0.2, -0.15) is 0 Å².